The van der Waals surface area contributed by atoms with Crippen LogP contribution in [0.3, 0.4) is 0 Å². The number of aryl methyl sites for hydroxylation is 2. The summed E-state index contributed by atoms with van der Waals surface area (Å²) in [6, 6.07) is 13.2. The second-order valence-electron chi connectivity index (χ2n) is 6.35. The summed E-state index contributed by atoms with van der Waals surface area (Å²) in [4.78, 5) is 8.49. The molecule has 0 radical (unpaired) electrons. The van der Waals surface area contributed by atoms with Gasteiger partial charge < -0.3 is 15.1 Å². The Kier molecular flexibility index (Phi) is 5.86. The number of aliphatic imine (C=N–C) groups is 1. The molecule has 0 unspecified atom stereocenters. The molecule has 2 aromatic carbocycles. The summed E-state index contributed by atoms with van der Waals surface area (Å²) < 4.78 is 19.1. The molecule has 1 aromatic heterocycles. The van der Waals surface area contributed by atoms with Gasteiger partial charge in [0, 0.05) is 19.2 Å². The van der Waals surface area contributed by atoms with Crippen LogP contribution in [0, 0.1) is 19.7 Å². The lowest BCUT2D eigenvalue weighted by Crippen LogP contribution is -2.36. The van der Waals surface area contributed by atoms with Crippen LogP contribution in [0.1, 0.15) is 22.6 Å². The first kappa shape index (κ1) is 18.6. The van der Waals surface area contributed by atoms with Gasteiger partial charge in [-0.2, -0.15) is 0 Å². The molecule has 6 heteroatoms. The van der Waals surface area contributed by atoms with Crippen LogP contribution in [0.15, 0.2) is 58.1 Å². The number of halogens is 1. The number of hydrogen-bond acceptors (Lipinski definition) is 3. The molecule has 5 nitrogen and oxygen atoms in total. The molecule has 0 aliphatic heterocycles. The van der Waals surface area contributed by atoms with Gasteiger partial charge in [-0.15, -0.1) is 0 Å². The normalized spacial score (nSPS) is 11.5. The van der Waals surface area contributed by atoms with E-state index in [0.29, 0.717) is 30.5 Å². The van der Waals surface area contributed by atoms with E-state index in [2.05, 4.69) is 20.6 Å². The molecule has 0 fully saturated rings. The third-order valence-corrected chi connectivity index (χ3v) is 4.20. The molecule has 0 saturated carbocycles. The summed E-state index contributed by atoms with van der Waals surface area (Å²) in [5.74, 6) is 1.73. The molecular weight excluding hydrogens is 343 g/mol. The van der Waals surface area contributed by atoms with Gasteiger partial charge in [-0.3, -0.25) is 4.99 Å². The third-order valence-electron chi connectivity index (χ3n) is 4.20. The van der Waals surface area contributed by atoms with E-state index < -0.39 is 0 Å². The van der Waals surface area contributed by atoms with Crippen molar-refractivity contribution in [2.45, 2.75) is 26.9 Å². The minimum atomic E-state index is -0.200. The maximum atomic E-state index is 13.3. The summed E-state index contributed by atoms with van der Waals surface area (Å²) in [5.41, 5.74) is 3.80. The quantitative estimate of drug-likeness (QED) is 0.530. The first-order chi connectivity index (χ1) is 13.0. The van der Waals surface area contributed by atoms with E-state index in [1.54, 1.807) is 26.2 Å². The van der Waals surface area contributed by atoms with Crippen molar-refractivity contribution in [2.75, 3.05) is 7.05 Å². The predicted molar refractivity (Wildman–Crippen MR) is 105 cm³/mol. The Hall–Kier alpha value is -3.15. The summed E-state index contributed by atoms with van der Waals surface area (Å²) >= 11 is 0. The first-order valence-corrected chi connectivity index (χ1v) is 8.76. The molecule has 1 heterocycles. The lowest BCUT2D eigenvalue weighted by Gasteiger charge is -2.11. The maximum absolute atomic E-state index is 13.3. The molecule has 0 aliphatic rings. The number of guanidine groups is 1. The minimum absolute atomic E-state index is 0.200. The second kappa shape index (κ2) is 8.49. The SMILES string of the molecule is CN=C(NCc1ccc(F)c(C)c1)NCc1ncc(-c2ccc(C)cc2)o1. The number of nitrogens with zero attached hydrogens (tertiary/aromatic N) is 2. The molecule has 0 atom stereocenters. The molecule has 0 spiro atoms. The molecule has 0 saturated heterocycles. The molecule has 3 aromatic rings. The number of nitrogens with one attached hydrogen (secondary N) is 2. The highest BCUT2D eigenvalue weighted by atomic mass is 19.1. The van der Waals surface area contributed by atoms with Crippen molar-refractivity contribution in [3.8, 4) is 11.3 Å². The van der Waals surface area contributed by atoms with E-state index in [0.717, 1.165) is 16.9 Å². The fourth-order valence-electron chi connectivity index (χ4n) is 2.63. The number of benzene rings is 2. The standard InChI is InChI=1S/C21H23FN4O/c1-14-4-7-17(8-5-14)19-12-24-20(27-19)13-26-21(23-3)25-11-16-6-9-18(22)15(2)10-16/h4-10,12H,11,13H2,1-3H3,(H2,23,25,26). The molecule has 2 N–H and O–H groups in total. The van der Waals surface area contributed by atoms with E-state index in [1.165, 1.54) is 11.6 Å². The summed E-state index contributed by atoms with van der Waals surface area (Å²) in [6.45, 7) is 4.75. The van der Waals surface area contributed by atoms with E-state index >= 15 is 0 Å². The van der Waals surface area contributed by atoms with Crippen LogP contribution in [0.2, 0.25) is 0 Å². The zero-order valence-corrected chi connectivity index (χ0v) is 15.7. The smallest absolute Gasteiger partial charge is 0.214 e. The van der Waals surface area contributed by atoms with Crippen molar-refractivity contribution in [1.82, 2.24) is 15.6 Å². The molecule has 0 bridgehead atoms. The second-order valence-corrected chi connectivity index (χ2v) is 6.35. The van der Waals surface area contributed by atoms with E-state index in [4.69, 9.17) is 4.42 Å². The molecule has 0 amide bonds. The topological polar surface area (TPSA) is 62.5 Å². The van der Waals surface area contributed by atoms with Gasteiger partial charge >= 0.3 is 0 Å². The van der Waals surface area contributed by atoms with Crippen molar-refractivity contribution in [3.05, 3.63) is 77.1 Å². The highest BCUT2D eigenvalue weighted by molar-refractivity contribution is 5.79. The third kappa shape index (κ3) is 4.94. The Labute approximate surface area is 158 Å². The molecular formula is C21H23FN4O. The zero-order chi connectivity index (χ0) is 19.2. The van der Waals surface area contributed by atoms with Gasteiger partial charge in [-0.1, -0.05) is 42.0 Å². The van der Waals surface area contributed by atoms with Crippen LogP contribution >= 0.6 is 0 Å². The Morgan fingerprint density at radius 3 is 2.52 bits per heavy atom. The van der Waals surface area contributed by atoms with Crippen LogP contribution in [0.5, 0.6) is 0 Å². The van der Waals surface area contributed by atoms with Crippen molar-refractivity contribution >= 4 is 5.96 Å². The first-order valence-electron chi connectivity index (χ1n) is 8.76. The van der Waals surface area contributed by atoms with Crippen LogP contribution < -0.4 is 10.6 Å². The number of rotatable bonds is 5. The van der Waals surface area contributed by atoms with Gasteiger partial charge in [0.2, 0.25) is 5.89 Å². The average molecular weight is 366 g/mol. The van der Waals surface area contributed by atoms with Crippen LogP contribution in [0.4, 0.5) is 4.39 Å². The van der Waals surface area contributed by atoms with Crippen molar-refractivity contribution in [3.63, 3.8) is 0 Å². The highest BCUT2D eigenvalue weighted by Gasteiger charge is 2.07. The van der Waals surface area contributed by atoms with Crippen molar-refractivity contribution in [1.29, 1.82) is 0 Å². The van der Waals surface area contributed by atoms with E-state index in [-0.39, 0.29) is 5.82 Å². The Morgan fingerprint density at radius 2 is 1.81 bits per heavy atom. The molecule has 140 valence electrons. The molecule has 3 rings (SSSR count). The number of aromatic nitrogens is 1. The average Bonchev–Trinajstić information content (AvgIpc) is 3.14. The lowest BCUT2D eigenvalue weighted by molar-refractivity contribution is 0.497. The van der Waals surface area contributed by atoms with Crippen molar-refractivity contribution < 1.29 is 8.81 Å². The lowest BCUT2D eigenvalue weighted by atomic mass is 10.1. The predicted octanol–water partition coefficient (Wildman–Crippen LogP) is 3.96. The van der Waals surface area contributed by atoms with Gasteiger partial charge in [-0.25, -0.2) is 9.37 Å². The van der Waals surface area contributed by atoms with Crippen LogP contribution in [-0.4, -0.2) is 18.0 Å². The Balaban J connectivity index is 1.55. The van der Waals surface area contributed by atoms with Crippen LogP contribution in [-0.2, 0) is 13.1 Å². The maximum Gasteiger partial charge on any atom is 0.214 e. The molecule has 0 aliphatic carbocycles. The summed E-state index contributed by atoms with van der Waals surface area (Å²) in [5, 5.41) is 6.36. The molecule has 27 heavy (non-hydrogen) atoms. The number of oxazole rings is 1. The van der Waals surface area contributed by atoms with Gasteiger partial charge in [0.05, 0.1) is 12.7 Å². The van der Waals surface area contributed by atoms with Gasteiger partial charge in [0.25, 0.3) is 0 Å². The van der Waals surface area contributed by atoms with E-state index in [1.807, 2.05) is 37.3 Å². The minimum Gasteiger partial charge on any atom is -0.439 e. The largest absolute Gasteiger partial charge is 0.439 e. The van der Waals surface area contributed by atoms with Crippen LogP contribution in [0.25, 0.3) is 11.3 Å². The van der Waals surface area contributed by atoms with Crippen molar-refractivity contribution in [2.24, 2.45) is 4.99 Å². The Morgan fingerprint density at radius 1 is 1.07 bits per heavy atom. The summed E-state index contributed by atoms with van der Waals surface area (Å²) in [6.07, 6.45) is 1.72. The summed E-state index contributed by atoms with van der Waals surface area (Å²) in [7, 11) is 1.69. The zero-order valence-electron chi connectivity index (χ0n) is 15.7. The number of hydrogen-bond donors (Lipinski definition) is 2. The van der Waals surface area contributed by atoms with Gasteiger partial charge in [0.15, 0.2) is 11.7 Å². The van der Waals surface area contributed by atoms with Gasteiger partial charge in [0.1, 0.15) is 5.82 Å². The fourth-order valence-corrected chi connectivity index (χ4v) is 2.63. The highest BCUT2D eigenvalue weighted by Crippen LogP contribution is 2.20. The van der Waals surface area contributed by atoms with E-state index in [9.17, 15) is 4.39 Å². The van der Waals surface area contributed by atoms with Gasteiger partial charge in [-0.05, 0) is 31.0 Å². The fraction of sp³-hybridized carbons (Fsp3) is 0.238. The Bertz CT molecular complexity index is 932. The monoisotopic (exact) mass is 366 g/mol.